The molecule has 0 atom stereocenters. The maximum absolute atomic E-state index is 12.4. The number of aryl methyl sites for hydroxylation is 1. The van der Waals surface area contributed by atoms with E-state index in [-0.39, 0.29) is 15.6 Å². The summed E-state index contributed by atoms with van der Waals surface area (Å²) >= 11 is 12.0. The van der Waals surface area contributed by atoms with Crippen LogP contribution in [0.25, 0.3) is 5.82 Å². The van der Waals surface area contributed by atoms with Crippen molar-refractivity contribution < 1.29 is 4.79 Å². The van der Waals surface area contributed by atoms with Gasteiger partial charge in [-0.1, -0.05) is 23.2 Å². The van der Waals surface area contributed by atoms with Crippen molar-refractivity contribution in [2.45, 2.75) is 25.7 Å². The van der Waals surface area contributed by atoms with Crippen LogP contribution >= 0.6 is 23.2 Å². The first-order chi connectivity index (χ1) is 12.5. The van der Waals surface area contributed by atoms with E-state index in [0.717, 1.165) is 11.5 Å². The Morgan fingerprint density at radius 3 is 2.54 bits per heavy atom. The van der Waals surface area contributed by atoms with Gasteiger partial charge in [-0.2, -0.15) is 5.10 Å². The molecule has 0 aromatic carbocycles. The van der Waals surface area contributed by atoms with Crippen LogP contribution in [-0.4, -0.2) is 25.7 Å². The standard InChI is InChI=1S/C18H15Cl2N5O/c1-10-6-15(11-2-3-11)25(24-10)16-5-4-12(7-22-16)23-18(26)17-13(19)8-21-9-14(17)20/h4-9,11H,2-3H2,1H3,(H,23,26). The van der Waals surface area contributed by atoms with Crippen molar-refractivity contribution in [2.75, 3.05) is 5.32 Å². The lowest BCUT2D eigenvalue weighted by molar-refractivity contribution is 0.102. The topological polar surface area (TPSA) is 72.7 Å². The average molecular weight is 388 g/mol. The lowest BCUT2D eigenvalue weighted by Crippen LogP contribution is -2.14. The van der Waals surface area contributed by atoms with Gasteiger partial charge in [-0.25, -0.2) is 9.67 Å². The molecule has 0 bridgehead atoms. The van der Waals surface area contributed by atoms with Crippen molar-refractivity contribution in [2.24, 2.45) is 0 Å². The highest BCUT2D eigenvalue weighted by molar-refractivity contribution is 6.40. The highest BCUT2D eigenvalue weighted by atomic mass is 35.5. The smallest absolute Gasteiger partial charge is 0.258 e. The zero-order chi connectivity index (χ0) is 18.3. The van der Waals surface area contributed by atoms with E-state index in [0.29, 0.717) is 11.6 Å². The zero-order valence-corrected chi connectivity index (χ0v) is 15.4. The van der Waals surface area contributed by atoms with E-state index < -0.39 is 5.91 Å². The highest BCUT2D eigenvalue weighted by Gasteiger charge is 2.28. The summed E-state index contributed by atoms with van der Waals surface area (Å²) in [5.74, 6) is 0.872. The molecule has 132 valence electrons. The molecule has 3 aromatic rings. The molecule has 4 rings (SSSR count). The van der Waals surface area contributed by atoms with Gasteiger partial charge in [-0.05, 0) is 38.0 Å². The Morgan fingerprint density at radius 2 is 1.92 bits per heavy atom. The molecule has 0 spiro atoms. The molecule has 3 aromatic heterocycles. The SMILES string of the molecule is Cc1cc(C2CC2)n(-c2ccc(NC(=O)c3c(Cl)cncc3Cl)cn2)n1. The third kappa shape index (κ3) is 3.30. The number of pyridine rings is 2. The summed E-state index contributed by atoms with van der Waals surface area (Å²) in [6, 6.07) is 5.70. The number of nitrogens with zero attached hydrogens (tertiary/aromatic N) is 4. The van der Waals surface area contributed by atoms with Crippen LogP contribution in [-0.2, 0) is 0 Å². The number of hydrogen-bond acceptors (Lipinski definition) is 4. The Hall–Kier alpha value is -2.44. The Balaban J connectivity index is 1.56. The van der Waals surface area contributed by atoms with E-state index in [1.165, 1.54) is 30.9 Å². The minimum absolute atomic E-state index is 0.186. The molecule has 1 amide bonds. The number of halogens is 2. The van der Waals surface area contributed by atoms with E-state index in [9.17, 15) is 4.79 Å². The van der Waals surface area contributed by atoms with Gasteiger partial charge in [0.1, 0.15) is 0 Å². The summed E-state index contributed by atoms with van der Waals surface area (Å²) in [5, 5.41) is 7.66. The summed E-state index contributed by atoms with van der Waals surface area (Å²) < 4.78 is 1.87. The fourth-order valence-electron chi connectivity index (χ4n) is 2.78. The van der Waals surface area contributed by atoms with Crippen LogP contribution in [0.5, 0.6) is 0 Å². The monoisotopic (exact) mass is 387 g/mol. The van der Waals surface area contributed by atoms with Gasteiger partial charge in [0.2, 0.25) is 0 Å². The van der Waals surface area contributed by atoms with Crippen molar-refractivity contribution in [3.8, 4) is 5.82 Å². The molecule has 6 nitrogen and oxygen atoms in total. The van der Waals surface area contributed by atoms with Crippen LogP contribution in [0.4, 0.5) is 5.69 Å². The van der Waals surface area contributed by atoms with Crippen molar-refractivity contribution >= 4 is 34.8 Å². The molecular formula is C18H15Cl2N5O. The molecule has 0 saturated heterocycles. The van der Waals surface area contributed by atoms with Gasteiger partial charge in [0.05, 0.1) is 33.2 Å². The predicted molar refractivity (Wildman–Crippen MR) is 100 cm³/mol. The molecule has 26 heavy (non-hydrogen) atoms. The molecule has 1 saturated carbocycles. The Bertz CT molecular complexity index is 959. The summed E-state index contributed by atoms with van der Waals surface area (Å²) in [6.07, 6.45) is 6.72. The minimum atomic E-state index is -0.412. The molecule has 0 unspecified atom stereocenters. The van der Waals surface area contributed by atoms with Gasteiger partial charge in [0.15, 0.2) is 5.82 Å². The molecule has 1 aliphatic rings. The fraction of sp³-hybridized carbons (Fsp3) is 0.222. The molecule has 1 N–H and O–H groups in total. The second-order valence-electron chi connectivity index (χ2n) is 6.23. The lowest BCUT2D eigenvalue weighted by Gasteiger charge is -2.09. The van der Waals surface area contributed by atoms with Crippen LogP contribution in [0.1, 0.15) is 40.5 Å². The fourth-order valence-corrected chi connectivity index (χ4v) is 3.32. The molecule has 1 aliphatic carbocycles. The molecule has 0 aliphatic heterocycles. The molecular weight excluding hydrogens is 373 g/mol. The van der Waals surface area contributed by atoms with Crippen LogP contribution in [0, 0.1) is 6.92 Å². The molecule has 3 heterocycles. The lowest BCUT2D eigenvalue weighted by atomic mass is 10.2. The quantitative estimate of drug-likeness (QED) is 0.719. The minimum Gasteiger partial charge on any atom is -0.320 e. The normalized spacial score (nSPS) is 13.7. The Labute approximate surface area is 160 Å². The largest absolute Gasteiger partial charge is 0.320 e. The van der Waals surface area contributed by atoms with Gasteiger partial charge < -0.3 is 5.32 Å². The average Bonchev–Trinajstić information content (AvgIpc) is 3.37. The summed E-state index contributed by atoms with van der Waals surface area (Å²) in [7, 11) is 0. The molecule has 1 fully saturated rings. The van der Waals surface area contributed by atoms with E-state index in [2.05, 4.69) is 26.4 Å². The van der Waals surface area contributed by atoms with E-state index in [1.54, 1.807) is 12.3 Å². The van der Waals surface area contributed by atoms with E-state index >= 15 is 0 Å². The number of carbonyl (C=O) groups excluding carboxylic acids is 1. The predicted octanol–water partition coefficient (Wildman–Crippen LogP) is 4.41. The van der Waals surface area contributed by atoms with E-state index in [4.69, 9.17) is 23.2 Å². The van der Waals surface area contributed by atoms with Crippen molar-refractivity contribution in [3.05, 3.63) is 63.8 Å². The van der Waals surface area contributed by atoms with E-state index in [1.807, 2.05) is 17.7 Å². The molecule has 8 heteroatoms. The number of carbonyl (C=O) groups is 1. The van der Waals surface area contributed by atoms with Crippen molar-refractivity contribution in [1.82, 2.24) is 19.7 Å². The number of aromatic nitrogens is 4. The maximum atomic E-state index is 12.4. The summed E-state index contributed by atoms with van der Waals surface area (Å²) in [5.41, 5.74) is 2.88. The second-order valence-corrected chi connectivity index (χ2v) is 7.05. The number of hydrogen-bond donors (Lipinski definition) is 1. The van der Waals surface area contributed by atoms with Crippen LogP contribution in [0.15, 0.2) is 36.8 Å². The summed E-state index contributed by atoms with van der Waals surface area (Å²) in [4.78, 5) is 20.7. The summed E-state index contributed by atoms with van der Waals surface area (Å²) in [6.45, 7) is 1.97. The zero-order valence-electron chi connectivity index (χ0n) is 13.9. The number of anilines is 1. The van der Waals surface area contributed by atoms with Crippen molar-refractivity contribution in [1.29, 1.82) is 0 Å². The van der Waals surface area contributed by atoms with Crippen LogP contribution in [0.2, 0.25) is 10.0 Å². The number of rotatable bonds is 4. The van der Waals surface area contributed by atoms with Gasteiger partial charge >= 0.3 is 0 Å². The Morgan fingerprint density at radius 1 is 1.19 bits per heavy atom. The first-order valence-corrected chi connectivity index (χ1v) is 8.92. The first kappa shape index (κ1) is 17.0. The van der Waals surface area contributed by atoms with Gasteiger partial charge in [-0.15, -0.1) is 0 Å². The first-order valence-electron chi connectivity index (χ1n) is 8.16. The number of amides is 1. The Kier molecular flexibility index (Phi) is 4.38. The van der Waals surface area contributed by atoms with Gasteiger partial charge in [0, 0.05) is 24.0 Å². The van der Waals surface area contributed by atoms with Gasteiger partial charge in [-0.3, -0.25) is 9.78 Å². The third-order valence-electron chi connectivity index (χ3n) is 4.16. The van der Waals surface area contributed by atoms with Crippen molar-refractivity contribution in [3.63, 3.8) is 0 Å². The van der Waals surface area contributed by atoms with Crippen LogP contribution < -0.4 is 5.32 Å². The maximum Gasteiger partial charge on any atom is 0.258 e. The molecule has 0 radical (unpaired) electrons. The van der Waals surface area contributed by atoms with Gasteiger partial charge in [0.25, 0.3) is 5.91 Å². The second kappa shape index (κ2) is 6.70. The highest BCUT2D eigenvalue weighted by Crippen LogP contribution is 2.40. The number of nitrogens with one attached hydrogen (secondary N) is 1. The third-order valence-corrected chi connectivity index (χ3v) is 4.73. The van der Waals surface area contributed by atoms with Crippen LogP contribution in [0.3, 0.4) is 0 Å².